The smallest absolute Gasteiger partial charge is 0.314 e. The van der Waals surface area contributed by atoms with Crippen molar-refractivity contribution < 1.29 is 18.8 Å². The number of benzene rings is 3. The highest BCUT2D eigenvalue weighted by molar-refractivity contribution is 6.01. The van der Waals surface area contributed by atoms with E-state index in [-0.39, 0.29) is 36.1 Å². The molecule has 0 bridgehead atoms. The zero-order valence-electron chi connectivity index (χ0n) is 23.0. The first-order chi connectivity index (χ1) is 19.2. The van der Waals surface area contributed by atoms with Crippen LogP contribution >= 0.6 is 0 Å². The van der Waals surface area contributed by atoms with Crippen molar-refractivity contribution in [1.29, 1.82) is 0 Å². The van der Waals surface area contributed by atoms with E-state index in [1.165, 1.54) is 12.1 Å². The summed E-state index contributed by atoms with van der Waals surface area (Å²) in [5, 5.41) is 8.20. The molecule has 40 heavy (non-hydrogen) atoms. The summed E-state index contributed by atoms with van der Waals surface area (Å²) in [6.07, 6.45) is 0.791. The molecule has 9 heteroatoms. The average molecular weight is 546 g/mol. The first-order valence-corrected chi connectivity index (χ1v) is 13.5. The van der Waals surface area contributed by atoms with Gasteiger partial charge in [-0.15, -0.1) is 0 Å². The van der Waals surface area contributed by atoms with Gasteiger partial charge in [-0.05, 0) is 64.8 Å². The summed E-state index contributed by atoms with van der Waals surface area (Å²) in [6, 6.07) is 18.3. The first-order valence-electron chi connectivity index (χ1n) is 13.5. The van der Waals surface area contributed by atoms with E-state index in [0.29, 0.717) is 30.6 Å². The number of nitrogens with two attached hydrogens (primary N) is 1. The lowest BCUT2D eigenvalue weighted by molar-refractivity contribution is -0.129. The minimum atomic E-state index is -0.772. The highest BCUT2D eigenvalue weighted by Gasteiger charge is 2.33. The number of carbonyl (C=O) groups excluding carboxylic acids is 3. The molecule has 0 spiro atoms. The summed E-state index contributed by atoms with van der Waals surface area (Å²) < 4.78 is 14.1. The number of urea groups is 1. The molecule has 0 radical (unpaired) electrons. The van der Waals surface area contributed by atoms with Crippen LogP contribution in [0, 0.1) is 11.7 Å². The van der Waals surface area contributed by atoms with Gasteiger partial charge in [0.15, 0.2) is 0 Å². The molecule has 0 saturated carbocycles. The highest BCUT2D eigenvalue weighted by atomic mass is 19.1. The fourth-order valence-electron chi connectivity index (χ4n) is 4.81. The number of hydrogen-bond donors (Lipinski definition) is 4. The van der Waals surface area contributed by atoms with E-state index in [9.17, 15) is 18.8 Å². The van der Waals surface area contributed by atoms with Crippen molar-refractivity contribution in [1.82, 2.24) is 16.0 Å². The van der Waals surface area contributed by atoms with Crippen molar-refractivity contribution in [3.63, 3.8) is 0 Å². The topological polar surface area (TPSA) is 117 Å². The Hall–Kier alpha value is -4.24. The maximum atomic E-state index is 14.1. The van der Waals surface area contributed by atoms with Crippen molar-refractivity contribution in [2.24, 2.45) is 11.7 Å². The van der Waals surface area contributed by atoms with Crippen LogP contribution < -0.4 is 26.6 Å². The molecule has 0 aliphatic carbocycles. The normalized spacial score (nSPS) is 15.7. The number of nitrogens with zero attached hydrogens (tertiary/aromatic N) is 1. The summed E-state index contributed by atoms with van der Waals surface area (Å²) >= 11 is 0. The molecule has 5 N–H and O–H groups in total. The van der Waals surface area contributed by atoms with Gasteiger partial charge in [0, 0.05) is 19.3 Å². The highest BCUT2D eigenvalue weighted by Crippen LogP contribution is 2.30. The van der Waals surface area contributed by atoms with Crippen molar-refractivity contribution in [2.75, 3.05) is 11.9 Å². The summed E-state index contributed by atoms with van der Waals surface area (Å²) in [6.45, 7) is 4.33. The van der Waals surface area contributed by atoms with E-state index in [4.69, 9.17) is 5.73 Å². The Balaban J connectivity index is 1.58. The number of carbonyl (C=O) groups is 3. The number of hydrogen-bond acceptors (Lipinski definition) is 4. The molecular weight excluding hydrogens is 509 g/mol. The molecule has 1 aliphatic rings. The maximum Gasteiger partial charge on any atom is 0.314 e. The third kappa shape index (κ3) is 6.66. The quantitative estimate of drug-likeness (QED) is 0.344. The number of rotatable bonds is 8. The lowest BCUT2D eigenvalue weighted by Crippen LogP contribution is -2.53. The van der Waals surface area contributed by atoms with Crippen molar-refractivity contribution in [2.45, 2.75) is 51.9 Å². The fourth-order valence-corrected chi connectivity index (χ4v) is 4.81. The molecule has 1 unspecified atom stereocenters. The Bertz CT molecular complexity index is 1380. The standard InChI is InChI=1S/C31H36FN5O3/c1-19(2)28(33)29(38)36-26-14-12-22-16-24(32)13-15-27(22)37(30(26)39)18-20-8-10-21(11-9-20)25-7-5-4-6-23(25)17-35-31(40)34-3/h4-11,13,15-16,19,26,28H,12,14,17-18,33H2,1-3H3,(H,36,38)(H2,34,35,40)/t26-,28?/m1/s1. The van der Waals surface area contributed by atoms with Gasteiger partial charge in [0.25, 0.3) is 0 Å². The van der Waals surface area contributed by atoms with E-state index in [0.717, 1.165) is 22.3 Å². The lowest BCUT2D eigenvalue weighted by Gasteiger charge is -2.27. The molecule has 2 atom stereocenters. The molecule has 4 rings (SSSR count). The molecule has 0 fully saturated rings. The van der Waals surface area contributed by atoms with Crippen LogP contribution in [0.1, 0.15) is 37.0 Å². The van der Waals surface area contributed by atoms with Gasteiger partial charge in [0.1, 0.15) is 11.9 Å². The van der Waals surface area contributed by atoms with E-state index in [1.807, 2.05) is 62.4 Å². The second-order valence-electron chi connectivity index (χ2n) is 10.4. The number of nitrogens with one attached hydrogen (secondary N) is 3. The summed E-state index contributed by atoms with van der Waals surface area (Å²) in [7, 11) is 1.57. The van der Waals surface area contributed by atoms with Crippen LogP contribution in [0.4, 0.5) is 14.9 Å². The molecule has 4 amide bonds. The average Bonchev–Trinajstić information content (AvgIpc) is 3.07. The Morgan fingerprint density at radius 2 is 1.80 bits per heavy atom. The minimum Gasteiger partial charge on any atom is -0.343 e. The van der Waals surface area contributed by atoms with Crippen molar-refractivity contribution >= 4 is 23.5 Å². The third-order valence-electron chi connectivity index (χ3n) is 7.23. The Morgan fingerprint density at radius 1 is 1.07 bits per heavy atom. The van der Waals surface area contributed by atoms with Crippen molar-refractivity contribution in [3.05, 3.63) is 89.2 Å². The predicted octanol–water partition coefficient (Wildman–Crippen LogP) is 3.87. The largest absolute Gasteiger partial charge is 0.343 e. The molecular formula is C31H36FN5O3. The molecule has 0 aromatic heterocycles. The molecule has 8 nitrogen and oxygen atoms in total. The van der Waals surface area contributed by atoms with Gasteiger partial charge in [-0.3, -0.25) is 9.59 Å². The van der Waals surface area contributed by atoms with Crippen LogP contribution in [0.25, 0.3) is 11.1 Å². The monoisotopic (exact) mass is 545 g/mol. The molecule has 3 aromatic carbocycles. The van der Waals surface area contributed by atoms with Crippen LogP contribution in [-0.4, -0.2) is 37.0 Å². The van der Waals surface area contributed by atoms with Crippen LogP contribution in [0.3, 0.4) is 0 Å². The van der Waals surface area contributed by atoms with Gasteiger partial charge in [0.05, 0.1) is 12.6 Å². The number of fused-ring (bicyclic) bond motifs is 1. The Labute approximate surface area is 234 Å². The van der Waals surface area contributed by atoms with E-state index in [1.54, 1.807) is 18.0 Å². The predicted molar refractivity (Wildman–Crippen MR) is 154 cm³/mol. The van der Waals surface area contributed by atoms with Crippen LogP contribution in [-0.2, 0) is 29.1 Å². The van der Waals surface area contributed by atoms with Gasteiger partial charge < -0.3 is 26.6 Å². The first kappa shape index (κ1) is 28.8. The van der Waals surface area contributed by atoms with Crippen molar-refractivity contribution in [3.8, 4) is 11.1 Å². The summed E-state index contributed by atoms with van der Waals surface area (Å²) in [5.41, 5.74) is 11.2. The number of amides is 4. The van der Waals surface area contributed by atoms with E-state index >= 15 is 0 Å². The van der Waals surface area contributed by atoms with E-state index < -0.39 is 12.1 Å². The molecule has 1 aliphatic heterocycles. The van der Waals surface area contributed by atoms with Gasteiger partial charge in [-0.2, -0.15) is 0 Å². The SMILES string of the molecule is CNC(=O)NCc1ccccc1-c1ccc(CN2C(=O)[C@H](NC(=O)C(N)C(C)C)CCc3cc(F)ccc32)cc1. The molecule has 1 heterocycles. The third-order valence-corrected chi connectivity index (χ3v) is 7.23. The van der Waals surface area contributed by atoms with Gasteiger partial charge in [-0.1, -0.05) is 62.4 Å². The number of halogens is 1. The number of anilines is 1. The summed E-state index contributed by atoms with van der Waals surface area (Å²) in [4.78, 5) is 39.7. The summed E-state index contributed by atoms with van der Waals surface area (Å²) in [5.74, 6) is -1.08. The lowest BCUT2D eigenvalue weighted by atomic mass is 9.98. The Morgan fingerprint density at radius 3 is 2.50 bits per heavy atom. The zero-order chi connectivity index (χ0) is 28.8. The molecule has 210 valence electrons. The van der Waals surface area contributed by atoms with Gasteiger partial charge in [0.2, 0.25) is 11.8 Å². The van der Waals surface area contributed by atoms with Crippen LogP contribution in [0.5, 0.6) is 0 Å². The van der Waals surface area contributed by atoms with Crippen LogP contribution in [0.2, 0.25) is 0 Å². The zero-order valence-corrected chi connectivity index (χ0v) is 23.0. The van der Waals surface area contributed by atoms with Crippen LogP contribution in [0.15, 0.2) is 66.7 Å². The fraction of sp³-hybridized carbons (Fsp3) is 0.323. The second kappa shape index (κ2) is 12.7. The minimum absolute atomic E-state index is 0.0773. The molecule has 0 saturated heterocycles. The van der Waals surface area contributed by atoms with E-state index in [2.05, 4.69) is 16.0 Å². The van der Waals surface area contributed by atoms with Gasteiger partial charge in [-0.25, -0.2) is 9.18 Å². The second-order valence-corrected chi connectivity index (χ2v) is 10.4. The maximum absolute atomic E-state index is 14.1. The van der Waals surface area contributed by atoms with Gasteiger partial charge >= 0.3 is 6.03 Å². The molecule has 3 aromatic rings. The Kier molecular flexibility index (Phi) is 9.16. The number of aryl methyl sites for hydroxylation is 1.